The molecule has 10 rings (SSSR count). The van der Waals surface area contributed by atoms with Crippen LogP contribution in [-0.2, 0) is 18.6 Å². The number of aliphatic hydroxyl groups excluding tert-OH is 2. The maximum Gasteiger partial charge on any atom is 0.0682 e. The third-order valence-corrected chi connectivity index (χ3v) is 11.9. The quantitative estimate of drug-likeness (QED) is 0.162. The minimum Gasteiger partial charge on any atom is -0.392 e. The zero-order chi connectivity index (χ0) is 40.7. The Bertz CT molecular complexity index is 2920. The van der Waals surface area contributed by atoms with Gasteiger partial charge in [0.05, 0.1) is 24.2 Å². The molecule has 9 aromatic rings. The number of rotatable bonds is 8. The summed E-state index contributed by atoms with van der Waals surface area (Å²) in [6, 6.07) is 65.0. The molecule has 0 saturated carbocycles. The second-order valence-corrected chi connectivity index (χ2v) is 15.6. The fourth-order valence-electron chi connectivity index (χ4n) is 8.89. The molecule has 2 N–H and O–H groups in total. The lowest BCUT2D eigenvalue weighted by molar-refractivity contribution is 0.281. The van der Waals surface area contributed by atoms with E-state index in [9.17, 15) is 10.2 Å². The molecule has 1 aliphatic carbocycles. The molecular weight excluding hydrogens is 721 g/mol. The molecule has 0 spiro atoms. The second kappa shape index (κ2) is 15.6. The lowest BCUT2D eigenvalue weighted by Crippen LogP contribution is -2.16. The lowest BCUT2D eigenvalue weighted by Gasteiger charge is -2.28. The van der Waals surface area contributed by atoms with Crippen LogP contribution >= 0.6 is 0 Å². The first kappa shape index (κ1) is 37.8. The van der Waals surface area contributed by atoms with Gasteiger partial charge in [0.2, 0.25) is 0 Å². The zero-order valence-corrected chi connectivity index (χ0v) is 34.0. The van der Waals surface area contributed by atoms with E-state index < -0.39 is 0 Å². The van der Waals surface area contributed by atoms with Crippen LogP contribution in [0.25, 0.3) is 60.9 Å². The van der Waals surface area contributed by atoms with Crippen molar-refractivity contribution in [3.63, 3.8) is 0 Å². The Kier molecular flexibility index (Phi) is 9.98. The first-order valence-electron chi connectivity index (χ1n) is 20.6. The molecule has 0 atom stereocenters. The molecule has 1 aromatic heterocycles. The van der Waals surface area contributed by atoms with Crippen molar-refractivity contribution in [2.24, 2.45) is 0 Å². The third-order valence-electron chi connectivity index (χ3n) is 11.9. The summed E-state index contributed by atoms with van der Waals surface area (Å²) in [7, 11) is 0. The van der Waals surface area contributed by atoms with Crippen molar-refractivity contribution in [1.82, 2.24) is 4.57 Å². The van der Waals surface area contributed by atoms with Crippen LogP contribution in [0.3, 0.4) is 0 Å². The largest absolute Gasteiger partial charge is 0.392 e. The molecule has 4 nitrogen and oxygen atoms in total. The van der Waals surface area contributed by atoms with Crippen LogP contribution in [0.2, 0.25) is 0 Å². The second-order valence-electron chi connectivity index (χ2n) is 15.6. The van der Waals surface area contributed by atoms with E-state index in [2.05, 4.69) is 187 Å². The Hall–Kier alpha value is -6.72. The molecule has 0 saturated heterocycles. The normalized spacial score (nSPS) is 12.5. The van der Waals surface area contributed by atoms with Gasteiger partial charge < -0.3 is 19.7 Å². The van der Waals surface area contributed by atoms with E-state index in [4.69, 9.17) is 0 Å². The highest BCUT2D eigenvalue weighted by Crippen LogP contribution is 2.50. The van der Waals surface area contributed by atoms with Gasteiger partial charge >= 0.3 is 0 Å². The molecule has 0 amide bonds. The molecular formula is C55H48N2O2. The Balaban J connectivity index is 0.00000221. The number of benzene rings is 8. The summed E-state index contributed by atoms with van der Waals surface area (Å²) in [5.74, 6) is 0. The molecule has 59 heavy (non-hydrogen) atoms. The Morgan fingerprint density at radius 1 is 0.441 bits per heavy atom. The standard InChI is InChI=1S/C53H42N2O2.C2H6/c1-53(2)49-11-7-6-10-45(49)46-27-26-44(32-50(46)53)54(41-22-15-38(16-23-41)37-8-4-3-5-9-37)42-24-17-39(18-25-42)40-19-29-52-48(31-40)47-30-36(34-57)14-28-51(47)55(52)43-20-12-35(33-56)13-21-43;1-2/h3-32,56-57H,33-34H2,1-2H3;1-2H3. The van der Waals surface area contributed by atoms with Crippen LogP contribution in [0.4, 0.5) is 17.1 Å². The van der Waals surface area contributed by atoms with E-state index in [1.165, 1.54) is 33.4 Å². The van der Waals surface area contributed by atoms with E-state index in [0.29, 0.717) is 0 Å². The topological polar surface area (TPSA) is 48.6 Å². The zero-order valence-electron chi connectivity index (χ0n) is 34.0. The van der Waals surface area contributed by atoms with Crippen molar-refractivity contribution in [3.8, 4) is 39.1 Å². The SMILES string of the molecule is CC.CC1(C)c2ccccc2-c2ccc(N(c3ccc(-c4ccccc4)cc3)c3ccc(-c4ccc5c(c4)c4cc(CO)ccc4n5-c4ccc(CO)cc4)cc3)cc21. The van der Waals surface area contributed by atoms with Crippen LogP contribution in [0, 0.1) is 0 Å². The molecule has 0 fully saturated rings. The van der Waals surface area contributed by atoms with Gasteiger partial charge in [0, 0.05) is 38.9 Å². The summed E-state index contributed by atoms with van der Waals surface area (Å²) >= 11 is 0. The summed E-state index contributed by atoms with van der Waals surface area (Å²) in [4.78, 5) is 2.37. The van der Waals surface area contributed by atoms with Crippen molar-refractivity contribution in [3.05, 3.63) is 204 Å². The average Bonchev–Trinajstić information content (AvgIpc) is 3.75. The molecule has 4 heteroatoms. The lowest BCUT2D eigenvalue weighted by atomic mass is 9.82. The molecule has 0 unspecified atom stereocenters. The number of fused-ring (bicyclic) bond motifs is 6. The Morgan fingerprint density at radius 3 is 1.61 bits per heavy atom. The molecule has 8 aromatic carbocycles. The van der Waals surface area contributed by atoms with Crippen LogP contribution in [0.15, 0.2) is 182 Å². The summed E-state index contributed by atoms with van der Waals surface area (Å²) in [5, 5.41) is 21.9. The summed E-state index contributed by atoms with van der Waals surface area (Å²) in [6.07, 6.45) is 0. The number of hydrogen-bond acceptors (Lipinski definition) is 3. The fourth-order valence-corrected chi connectivity index (χ4v) is 8.89. The van der Waals surface area contributed by atoms with E-state index in [1.54, 1.807) is 0 Å². The number of nitrogens with zero attached hydrogens (tertiary/aromatic N) is 2. The van der Waals surface area contributed by atoms with Crippen LogP contribution in [0.5, 0.6) is 0 Å². The summed E-state index contributed by atoms with van der Waals surface area (Å²) < 4.78 is 2.26. The highest BCUT2D eigenvalue weighted by molar-refractivity contribution is 6.10. The fraction of sp³-hybridized carbons (Fsp3) is 0.127. The first-order chi connectivity index (χ1) is 28.9. The number of hydrogen-bond donors (Lipinski definition) is 2. The smallest absolute Gasteiger partial charge is 0.0682 e. The first-order valence-corrected chi connectivity index (χ1v) is 20.6. The number of aromatic nitrogens is 1. The van der Waals surface area contributed by atoms with Gasteiger partial charge in [-0.2, -0.15) is 0 Å². The van der Waals surface area contributed by atoms with Crippen LogP contribution in [0.1, 0.15) is 49.9 Å². The average molecular weight is 769 g/mol. The van der Waals surface area contributed by atoms with Gasteiger partial charge in [0.25, 0.3) is 0 Å². The van der Waals surface area contributed by atoms with Crippen molar-refractivity contribution < 1.29 is 10.2 Å². The van der Waals surface area contributed by atoms with Crippen molar-refractivity contribution >= 4 is 38.9 Å². The van der Waals surface area contributed by atoms with Crippen molar-refractivity contribution in [1.29, 1.82) is 0 Å². The maximum absolute atomic E-state index is 10.1. The van der Waals surface area contributed by atoms with Crippen molar-refractivity contribution in [2.45, 2.75) is 46.3 Å². The number of aliphatic hydroxyl groups is 2. The molecule has 0 radical (unpaired) electrons. The van der Waals surface area contributed by atoms with Gasteiger partial charge in [-0.3, -0.25) is 0 Å². The molecule has 290 valence electrons. The van der Waals surface area contributed by atoms with E-state index in [-0.39, 0.29) is 18.6 Å². The molecule has 0 aliphatic heterocycles. The molecule has 1 aliphatic rings. The summed E-state index contributed by atoms with van der Waals surface area (Å²) in [6.45, 7) is 8.66. The molecule has 1 heterocycles. The van der Waals surface area contributed by atoms with Crippen molar-refractivity contribution in [2.75, 3.05) is 4.90 Å². The van der Waals surface area contributed by atoms with Gasteiger partial charge in [-0.15, -0.1) is 0 Å². The molecule has 0 bridgehead atoms. The van der Waals surface area contributed by atoms with Crippen LogP contribution in [-0.4, -0.2) is 14.8 Å². The monoisotopic (exact) mass is 768 g/mol. The predicted octanol–water partition coefficient (Wildman–Crippen LogP) is 13.9. The predicted molar refractivity (Wildman–Crippen MR) is 247 cm³/mol. The summed E-state index contributed by atoms with van der Waals surface area (Å²) in [5.41, 5.74) is 18.1. The van der Waals surface area contributed by atoms with Crippen LogP contribution < -0.4 is 4.90 Å². The van der Waals surface area contributed by atoms with Gasteiger partial charge in [0.15, 0.2) is 0 Å². The maximum atomic E-state index is 10.1. The highest BCUT2D eigenvalue weighted by Gasteiger charge is 2.35. The van der Waals surface area contributed by atoms with E-state index in [1.807, 2.05) is 32.0 Å². The van der Waals surface area contributed by atoms with Gasteiger partial charge in [-0.25, -0.2) is 0 Å². The Morgan fingerprint density at radius 2 is 0.949 bits per heavy atom. The van der Waals surface area contributed by atoms with Gasteiger partial charge in [-0.05, 0) is 128 Å². The minimum absolute atomic E-state index is 0.00798. The van der Waals surface area contributed by atoms with Gasteiger partial charge in [0.1, 0.15) is 0 Å². The van der Waals surface area contributed by atoms with Gasteiger partial charge in [-0.1, -0.05) is 137 Å². The Labute approximate surface area is 346 Å². The minimum atomic E-state index is -0.114. The number of anilines is 3. The highest BCUT2D eigenvalue weighted by atomic mass is 16.3. The van der Waals surface area contributed by atoms with E-state index in [0.717, 1.165) is 66.8 Å². The van der Waals surface area contributed by atoms with E-state index >= 15 is 0 Å². The third kappa shape index (κ3) is 6.61.